The molecule has 4 rings (SSSR count). The molecule has 1 aromatic carbocycles. The molecule has 152 valence electrons. The number of nitrogens with zero attached hydrogens (tertiary/aromatic N) is 4. The fourth-order valence-corrected chi connectivity index (χ4v) is 3.68. The molecule has 3 aromatic rings. The summed E-state index contributed by atoms with van der Waals surface area (Å²) in [6.45, 7) is 6.73. The summed E-state index contributed by atoms with van der Waals surface area (Å²) in [5, 5.41) is 0.890. The number of aromatic nitrogens is 2. The first-order chi connectivity index (χ1) is 14.0. The van der Waals surface area contributed by atoms with Crippen molar-refractivity contribution in [1.82, 2.24) is 19.8 Å². The van der Waals surface area contributed by atoms with E-state index >= 15 is 0 Å². The van der Waals surface area contributed by atoms with Gasteiger partial charge in [0.05, 0.1) is 25.7 Å². The van der Waals surface area contributed by atoms with Crippen molar-refractivity contribution in [3.8, 4) is 0 Å². The number of carbonyl (C=O) groups excluding carboxylic acids is 1. The summed E-state index contributed by atoms with van der Waals surface area (Å²) >= 11 is 0. The number of hydrogen-bond donors (Lipinski definition) is 1. The van der Waals surface area contributed by atoms with Crippen molar-refractivity contribution >= 4 is 22.7 Å². The van der Waals surface area contributed by atoms with E-state index in [0.717, 1.165) is 48.7 Å². The van der Waals surface area contributed by atoms with Gasteiger partial charge in [0.25, 0.3) is 0 Å². The predicted octanol–water partition coefficient (Wildman–Crippen LogP) is 2.22. The largest absolute Gasteiger partial charge is 0.465 e. The van der Waals surface area contributed by atoms with Crippen LogP contribution in [0, 0.1) is 6.92 Å². The van der Waals surface area contributed by atoms with Crippen LogP contribution in [0.1, 0.15) is 27.7 Å². The lowest BCUT2D eigenvalue weighted by Gasteiger charge is -2.33. The average Bonchev–Trinajstić information content (AvgIpc) is 3.09. The fraction of sp³-hybridized carbons (Fsp3) is 0.381. The Morgan fingerprint density at radius 3 is 2.55 bits per heavy atom. The number of carbonyl (C=O) groups is 1. The van der Waals surface area contributed by atoms with E-state index in [1.54, 1.807) is 13.0 Å². The van der Waals surface area contributed by atoms with Crippen LogP contribution in [-0.2, 0) is 17.8 Å². The number of benzene rings is 1. The van der Waals surface area contributed by atoms with Gasteiger partial charge in [-0.1, -0.05) is 12.1 Å². The molecule has 0 unspecified atom stereocenters. The molecule has 0 spiro atoms. The molecule has 0 atom stereocenters. The third-order valence-electron chi connectivity index (χ3n) is 5.26. The van der Waals surface area contributed by atoms with Gasteiger partial charge in [0.2, 0.25) is 0 Å². The van der Waals surface area contributed by atoms with Crippen molar-refractivity contribution in [3.63, 3.8) is 0 Å². The first-order valence-corrected chi connectivity index (χ1v) is 9.67. The maximum Gasteiger partial charge on any atom is 0.341 e. The molecule has 3 heterocycles. The molecule has 2 N–H and O–H groups in total. The van der Waals surface area contributed by atoms with Crippen LogP contribution in [0.25, 0.3) is 10.9 Å². The Morgan fingerprint density at radius 1 is 1.14 bits per heavy atom. The van der Waals surface area contributed by atoms with E-state index in [9.17, 15) is 4.79 Å². The Balaban J connectivity index is 1.35. The lowest BCUT2D eigenvalue weighted by atomic mass is 10.2. The maximum atomic E-state index is 11.7. The number of nitrogen functional groups attached to an aromatic ring is 1. The first-order valence-electron chi connectivity index (χ1n) is 9.67. The van der Waals surface area contributed by atoms with Crippen molar-refractivity contribution in [3.05, 3.63) is 53.2 Å². The Labute approximate surface area is 169 Å². The number of ether oxygens (including phenoxy) is 1. The molecule has 0 bridgehead atoms. The van der Waals surface area contributed by atoms with E-state index in [0.29, 0.717) is 30.2 Å². The number of esters is 1. The van der Waals surface area contributed by atoms with Gasteiger partial charge in [-0.2, -0.15) is 0 Å². The molecule has 29 heavy (non-hydrogen) atoms. The molecule has 0 radical (unpaired) electrons. The van der Waals surface area contributed by atoms with Crippen LogP contribution in [-0.4, -0.2) is 59.0 Å². The van der Waals surface area contributed by atoms with Crippen LogP contribution >= 0.6 is 0 Å². The van der Waals surface area contributed by atoms with Gasteiger partial charge in [0, 0.05) is 31.6 Å². The third kappa shape index (κ3) is 4.23. The van der Waals surface area contributed by atoms with Crippen LogP contribution in [0.4, 0.5) is 5.82 Å². The highest BCUT2D eigenvalue weighted by atomic mass is 16.5. The monoisotopic (exact) mass is 395 g/mol. The van der Waals surface area contributed by atoms with Gasteiger partial charge < -0.3 is 14.9 Å². The summed E-state index contributed by atoms with van der Waals surface area (Å²) < 4.78 is 10.5. The minimum atomic E-state index is -0.364. The SMILES string of the molecule is COC(=O)c1cc(CN2CCN(Cc3nc(N)c4ccccc4n3)CC2)oc1C. The summed E-state index contributed by atoms with van der Waals surface area (Å²) in [5.41, 5.74) is 7.47. The van der Waals surface area contributed by atoms with Gasteiger partial charge in [0.1, 0.15) is 28.7 Å². The van der Waals surface area contributed by atoms with Crippen molar-refractivity contribution < 1.29 is 13.9 Å². The molecule has 1 aliphatic rings. The molecule has 1 aliphatic heterocycles. The van der Waals surface area contributed by atoms with Gasteiger partial charge in [-0.25, -0.2) is 14.8 Å². The van der Waals surface area contributed by atoms with E-state index < -0.39 is 0 Å². The second-order valence-electron chi connectivity index (χ2n) is 7.27. The normalized spacial score (nSPS) is 15.7. The molecule has 0 amide bonds. The second kappa shape index (κ2) is 8.18. The van der Waals surface area contributed by atoms with Crippen molar-refractivity contribution in [2.45, 2.75) is 20.0 Å². The Hall–Kier alpha value is -2.97. The molecule has 0 saturated carbocycles. The zero-order valence-electron chi connectivity index (χ0n) is 16.7. The lowest BCUT2D eigenvalue weighted by molar-refractivity contribution is 0.0599. The number of anilines is 1. The Bertz CT molecular complexity index is 1020. The summed E-state index contributed by atoms with van der Waals surface area (Å²) in [6.07, 6.45) is 0. The molecule has 8 heteroatoms. The standard InChI is InChI=1S/C21H25N5O3/c1-14-17(21(27)28-2)11-15(29-14)12-25-7-9-26(10-8-25)13-19-23-18-6-4-3-5-16(18)20(22)24-19/h3-6,11H,7-10,12-13H2,1-2H3,(H2,22,23,24). The first kappa shape index (κ1) is 19.4. The minimum absolute atomic E-state index is 0.364. The molecular weight excluding hydrogens is 370 g/mol. The number of furan rings is 1. The molecule has 0 aliphatic carbocycles. The van der Waals surface area contributed by atoms with Crippen LogP contribution in [0.5, 0.6) is 0 Å². The zero-order valence-corrected chi connectivity index (χ0v) is 16.7. The van der Waals surface area contributed by atoms with Crippen molar-refractivity contribution in [1.29, 1.82) is 0 Å². The maximum absolute atomic E-state index is 11.7. The Kier molecular flexibility index (Phi) is 5.46. The average molecular weight is 395 g/mol. The van der Waals surface area contributed by atoms with E-state index in [1.807, 2.05) is 24.3 Å². The highest BCUT2D eigenvalue weighted by Gasteiger charge is 2.21. The number of piperazine rings is 1. The predicted molar refractivity (Wildman–Crippen MR) is 109 cm³/mol. The van der Waals surface area contributed by atoms with E-state index in [-0.39, 0.29) is 5.97 Å². The highest BCUT2D eigenvalue weighted by Crippen LogP contribution is 2.20. The quantitative estimate of drug-likeness (QED) is 0.657. The van der Waals surface area contributed by atoms with Crippen molar-refractivity contribution in [2.75, 3.05) is 39.0 Å². The Morgan fingerprint density at radius 2 is 1.83 bits per heavy atom. The summed E-state index contributed by atoms with van der Waals surface area (Å²) in [4.78, 5) is 25.5. The summed E-state index contributed by atoms with van der Waals surface area (Å²) in [5.74, 6) is 2.29. The van der Waals surface area contributed by atoms with Crippen molar-refractivity contribution in [2.24, 2.45) is 0 Å². The van der Waals surface area contributed by atoms with Crippen LogP contribution in [0.15, 0.2) is 34.7 Å². The highest BCUT2D eigenvalue weighted by molar-refractivity contribution is 5.90. The van der Waals surface area contributed by atoms with E-state index in [1.165, 1.54) is 7.11 Å². The lowest BCUT2D eigenvalue weighted by Crippen LogP contribution is -2.45. The third-order valence-corrected chi connectivity index (χ3v) is 5.26. The molecule has 1 fully saturated rings. The number of methoxy groups -OCH3 is 1. The van der Waals surface area contributed by atoms with Crippen LogP contribution in [0.2, 0.25) is 0 Å². The van der Waals surface area contributed by atoms with Crippen LogP contribution in [0.3, 0.4) is 0 Å². The number of rotatable bonds is 5. The molecule has 8 nitrogen and oxygen atoms in total. The van der Waals surface area contributed by atoms with Gasteiger partial charge in [0.15, 0.2) is 0 Å². The fourth-order valence-electron chi connectivity index (χ4n) is 3.68. The minimum Gasteiger partial charge on any atom is -0.465 e. The van der Waals surface area contributed by atoms with E-state index in [4.69, 9.17) is 14.9 Å². The molecule has 1 saturated heterocycles. The van der Waals surface area contributed by atoms with Gasteiger partial charge in [-0.15, -0.1) is 0 Å². The molecule has 2 aromatic heterocycles. The number of fused-ring (bicyclic) bond motifs is 1. The number of aryl methyl sites for hydroxylation is 1. The zero-order chi connectivity index (χ0) is 20.4. The second-order valence-corrected chi connectivity index (χ2v) is 7.27. The molecular formula is C21H25N5O3. The van der Waals surface area contributed by atoms with Gasteiger partial charge in [-0.05, 0) is 25.1 Å². The van der Waals surface area contributed by atoms with Gasteiger partial charge in [-0.3, -0.25) is 9.80 Å². The summed E-state index contributed by atoms with van der Waals surface area (Å²) in [6, 6.07) is 9.58. The number of hydrogen-bond acceptors (Lipinski definition) is 8. The van der Waals surface area contributed by atoms with Crippen LogP contribution < -0.4 is 5.73 Å². The van der Waals surface area contributed by atoms with E-state index in [2.05, 4.69) is 19.8 Å². The number of nitrogens with two attached hydrogens (primary N) is 1. The topological polar surface area (TPSA) is 97.7 Å². The number of para-hydroxylation sites is 1. The summed E-state index contributed by atoms with van der Waals surface area (Å²) in [7, 11) is 1.38. The smallest absolute Gasteiger partial charge is 0.341 e. The van der Waals surface area contributed by atoms with Gasteiger partial charge >= 0.3 is 5.97 Å².